The molecule has 0 bridgehead atoms. The maximum atomic E-state index is 12.5. The average molecular weight is 207 g/mol. The van der Waals surface area contributed by atoms with Gasteiger partial charge in [0, 0.05) is 5.56 Å². The Morgan fingerprint density at radius 1 is 1.29 bits per heavy atom. The van der Waals surface area contributed by atoms with Crippen molar-refractivity contribution < 1.29 is 17.6 Å². The van der Waals surface area contributed by atoms with Crippen molar-refractivity contribution in [1.82, 2.24) is 0 Å². The van der Waals surface area contributed by atoms with E-state index in [9.17, 15) is 13.2 Å². The van der Waals surface area contributed by atoms with Gasteiger partial charge in [-0.05, 0) is 26.8 Å². The predicted molar refractivity (Wildman–Crippen MR) is 45.8 cm³/mol. The van der Waals surface area contributed by atoms with Crippen LogP contribution < -0.4 is 5.73 Å². The van der Waals surface area contributed by atoms with Crippen LogP contribution in [-0.2, 0) is 5.54 Å². The molecular weight excluding hydrogens is 195 g/mol. The van der Waals surface area contributed by atoms with Crippen LogP contribution in [0.1, 0.15) is 24.0 Å². The molecule has 0 aliphatic rings. The number of rotatable bonds is 1. The van der Waals surface area contributed by atoms with Crippen molar-refractivity contribution in [2.45, 2.75) is 32.5 Å². The molecule has 0 aliphatic carbocycles. The number of aryl methyl sites for hydroxylation is 2. The lowest BCUT2D eigenvalue weighted by Crippen LogP contribution is -2.47. The van der Waals surface area contributed by atoms with Crippen LogP contribution in [-0.4, -0.2) is 6.18 Å². The highest BCUT2D eigenvalue weighted by Gasteiger charge is 2.50. The van der Waals surface area contributed by atoms with Gasteiger partial charge in [-0.15, -0.1) is 0 Å². The first-order valence-corrected chi connectivity index (χ1v) is 4.09. The molecule has 5 heteroatoms. The van der Waals surface area contributed by atoms with Crippen LogP contribution in [0.3, 0.4) is 0 Å². The summed E-state index contributed by atoms with van der Waals surface area (Å²) in [6, 6.07) is 1.32. The summed E-state index contributed by atoms with van der Waals surface area (Å²) in [5, 5.41) is 0. The van der Waals surface area contributed by atoms with Gasteiger partial charge in [0.05, 0.1) is 0 Å². The lowest BCUT2D eigenvalue weighted by molar-refractivity contribution is -0.184. The van der Waals surface area contributed by atoms with E-state index in [1.54, 1.807) is 6.92 Å². The van der Waals surface area contributed by atoms with Crippen LogP contribution >= 0.6 is 0 Å². The average Bonchev–Trinajstić information content (AvgIpc) is 2.27. The van der Waals surface area contributed by atoms with Crippen LogP contribution in [0.2, 0.25) is 0 Å². The van der Waals surface area contributed by atoms with E-state index >= 15 is 0 Å². The quantitative estimate of drug-likeness (QED) is 0.768. The summed E-state index contributed by atoms with van der Waals surface area (Å²) in [6.07, 6.45) is -4.48. The molecule has 2 nitrogen and oxygen atoms in total. The minimum atomic E-state index is -4.48. The summed E-state index contributed by atoms with van der Waals surface area (Å²) < 4.78 is 42.6. The van der Waals surface area contributed by atoms with Gasteiger partial charge in [0.2, 0.25) is 0 Å². The highest BCUT2D eigenvalue weighted by Crippen LogP contribution is 2.38. The van der Waals surface area contributed by atoms with Crippen molar-refractivity contribution >= 4 is 0 Å². The van der Waals surface area contributed by atoms with E-state index in [1.165, 1.54) is 13.0 Å². The number of hydrogen-bond acceptors (Lipinski definition) is 2. The number of hydrogen-bond donors (Lipinski definition) is 1. The molecule has 0 aromatic carbocycles. The Hall–Kier alpha value is -0.970. The van der Waals surface area contributed by atoms with Gasteiger partial charge in [-0.1, -0.05) is 0 Å². The molecule has 1 atom stereocenters. The van der Waals surface area contributed by atoms with Gasteiger partial charge in [-0.2, -0.15) is 13.2 Å². The minimum Gasteiger partial charge on any atom is -0.466 e. The number of alkyl halides is 3. The zero-order valence-electron chi connectivity index (χ0n) is 8.20. The van der Waals surface area contributed by atoms with Gasteiger partial charge in [-0.3, -0.25) is 0 Å². The fraction of sp³-hybridized carbons (Fsp3) is 0.556. The zero-order chi connectivity index (χ0) is 11.1. The van der Waals surface area contributed by atoms with Gasteiger partial charge in [0.1, 0.15) is 17.1 Å². The van der Waals surface area contributed by atoms with E-state index < -0.39 is 11.7 Å². The Balaban J connectivity index is 3.22. The molecule has 0 spiro atoms. The molecule has 1 rings (SSSR count). The van der Waals surface area contributed by atoms with Gasteiger partial charge < -0.3 is 10.2 Å². The molecule has 1 aromatic rings. The van der Waals surface area contributed by atoms with E-state index in [2.05, 4.69) is 0 Å². The van der Waals surface area contributed by atoms with Crippen LogP contribution in [0.5, 0.6) is 0 Å². The highest BCUT2D eigenvalue weighted by atomic mass is 19.4. The molecule has 2 N–H and O–H groups in total. The Morgan fingerprint density at radius 2 is 1.79 bits per heavy atom. The molecule has 0 saturated carbocycles. The third-order valence-electron chi connectivity index (χ3n) is 2.19. The van der Waals surface area contributed by atoms with Crippen molar-refractivity contribution in [3.8, 4) is 0 Å². The molecule has 1 heterocycles. The van der Waals surface area contributed by atoms with Crippen molar-refractivity contribution in [2.75, 3.05) is 0 Å². The first-order chi connectivity index (χ1) is 6.16. The van der Waals surface area contributed by atoms with Crippen molar-refractivity contribution in [2.24, 2.45) is 5.73 Å². The van der Waals surface area contributed by atoms with Crippen LogP contribution in [0.15, 0.2) is 10.5 Å². The maximum Gasteiger partial charge on any atom is 0.410 e. The molecule has 0 saturated heterocycles. The van der Waals surface area contributed by atoms with Gasteiger partial charge in [-0.25, -0.2) is 0 Å². The summed E-state index contributed by atoms with van der Waals surface area (Å²) in [4.78, 5) is 0. The third-order valence-corrected chi connectivity index (χ3v) is 2.19. The fourth-order valence-electron chi connectivity index (χ4n) is 1.30. The third kappa shape index (κ3) is 1.64. The van der Waals surface area contributed by atoms with Gasteiger partial charge in [0.15, 0.2) is 0 Å². The zero-order valence-corrected chi connectivity index (χ0v) is 8.20. The molecule has 0 radical (unpaired) electrons. The lowest BCUT2D eigenvalue weighted by Gasteiger charge is -2.27. The fourth-order valence-corrected chi connectivity index (χ4v) is 1.30. The summed E-state index contributed by atoms with van der Waals surface area (Å²) in [6.45, 7) is 3.99. The minimum absolute atomic E-state index is 0.0116. The van der Waals surface area contributed by atoms with Crippen molar-refractivity contribution in [3.05, 3.63) is 23.2 Å². The Morgan fingerprint density at radius 3 is 2.07 bits per heavy atom. The Bertz CT molecular complexity index is 338. The molecule has 80 valence electrons. The smallest absolute Gasteiger partial charge is 0.410 e. The standard InChI is InChI=1S/C9H12F3NO/c1-5-4-7(6(2)14-5)8(3,13)9(10,11)12/h4H,13H2,1-3H3/t8-/m0/s1. The maximum absolute atomic E-state index is 12.5. The van der Waals surface area contributed by atoms with E-state index in [4.69, 9.17) is 10.2 Å². The van der Waals surface area contributed by atoms with Gasteiger partial charge in [0.25, 0.3) is 0 Å². The van der Waals surface area contributed by atoms with E-state index in [1.807, 2.05) is 0 Å². The van der Waals surface area contributed by atoms with Crippen LogP contribution in [0.4, 0.5) is 13.2 Å². The molecule has 1 aromatic heterocycles. The second-order valence-electron chi connectivity index (χ2n) is 3.53. The lowest BCUT2D eigenvalue weighted by atomic mass is 9.93. The summed E-state index contributed by atoms with van der Waals surface area (Å²) in [7, 11) is 0. The second kappa shape index (κ2) is 3.02. The molecular formula is C9H12F3NO. The summed E-state index contributed by atoms with van der Waals surface area (Å²) in [5.74, 6) is 0.642. The number of furan rings is 1. The van der Waals surface area contributed by atoms with Crippen molar-refractivity contribution in [1.29, 1.82) is 0 Å². The van der Waals surface area contributed by atoms with Crippen LogP contribution in [0, 0.1) is 13.8 Å². The molecule has 0 aliphatic heterocycles. The Kier molecular flexibility index (Phi) is 2.39. The van der Waals surface area contributed by atoms with Crippen LogP contribution in [0.25, 0.3) is 0 Å². The van der Waals surface area contributed by atoms with E-state index in [0.717, 1.165) is 6.92 Å². The second-order valence-corrected chi connectivity index (χ2v) is 3.53. The Labute approximate surface area is 79.9 Å². The van der Waals surface area contributed by atoms with E-state index in [-0.39, 0.29) is 11.3 Å². The molecule has 14 heavy (non-hydrogen) atoms. The number of halogens is 3. The van der Waals surface area contributed by atoms with Gasteiger partial charge >= 0.3 is 6.18 Å². The highest BCUT2D eigenvalue weighted by molar-refractivity contribution is 5.29. The topological polar surface area (TPSA) is 39.2 Å². The molecule has 0 fully saturated rings. The van der Waals surface area contributed by atoms with E-state index in [0.29, 0.717) is 5.76 Å². The summed E-state index contributed by atoms with van der Waals surface area (Å²) >= 11 is 0. The SMILES string of the molecule is Cc1cc([C@](C)(N)C(F)(F)F)c(C)o1. The summed E-state index contributed by atoms with van der Waals surface area (Å²) in [5.41, 5.74) is 2.88. The largest absolute Gasteiger partial charge is 0.466 e. The number of nitrogens with two attached hydrogens (primary N) is 1. The normalized spacial score (nSPS) is 16.8. The first kappa shape index (κ1) is 11.1. The molecule has 0 amide bonds. The monoisotopic (exact) mass is 207 g/mol. The molecule has 0 unspecified atom stereocenters. The predicted octanol–water partition coefficient (Wildman–Crippen LogP) is 2.63. The van der Waals surface area contributed by atoms with Crippen molar-refractivity contribution in [3.63, 3.8) is 0 Å². The first-order valence-electron chi connectivity index (χ1n) is 4.09.